The third-order valence-electron chi connectivity index (χ3n) is 1.86. The van der Waals surface area contributed by atoms with Gasteiger partial charge in [0.25, 0.3) is 0 Å². The maximum Gasteiger partial charge on any atom is 0.404 e. The van der Waals surface area contributed by atoms with Crippen molar-refractivity contribution in [3.05, 3.63) is 0 Å². The second-order valence-electron chi connectivity index (χ2n) is 3.35. The number of nitrogens with two attached hydrogens (primary N) is 3. The fraction of sp³-hybridized carbons (Fsp3) is 0.667. The molecule has 6 N–H and O–H groups in total. The highest BCUT2D eigenvalue weighted by molar-refractivity contribution is 5.65. The molecule has 0 fully saturated rings. The van der Waals surface area contributed by atoms with Crippen LogP contribution in [0.15, 0.2) is 0 Å². The summed E-state index contributed by atoms with van der Waals surface area (Å²) in [5.74, 6) is 0. The lowest BCUT2D eigenvalue weighted by molar-refractivity contribution is 0.0453. The number of primary amides is 3. The number of carbonyl (C=O) groups excluding carboxylic acids is 3. The lowest BCUT2D eigenvalue weighted by Gasteiger charge is -2.15. The third-order valence-corrected chi connectivity index (χ3v) is 1.86. The van der Waals surface area contributed by atoms with E-state index in [9.17, 15) is 14.4 Å². The second kappa shape index (κ2) is 8.90. The van der Waals surface area contributed by atoms with Crippen molar-refractivity contribution in [2.24, 2.45) is 17.2 Å². The van der Waals surface area contributed by atoms with Crippen LogP contribution in [0, 0.1) is 0 Å². The van der Waals surface area contributed by atoms with Crippen molar-refractivity contribution in [1.29, 1.82) is 0 Å². The zero-order chi connectivity index (χ0) is 14.0. The molecule has 9 heteroatoms. The average Bonchev–Trinajstić information content (AvgIpc) is 2.23. The average molecular weight is 263 g/mol. The molecule has 0 radical (unpaired) electrons. The summed E-state index contributed by atoms with van der Waals surface area (Å²) in [4.78, 5) is 31.2. The van der Waals surface area contributed by atoms with Crippen LogP contribution in [0.1, 0.15) is 19.3 Å². The van der Waals surface area contributed by atoms with Crippen LogP contribution in [0.5, 0.6) is 0 Å². The van der Waals surface area contributed by atoms with Gasteiger partial charge in [0, 0.05) is 0 Å². The fourth-order valence-corrected chi connectivity index (χ4v) is 1.16. The summed E-state index contributed by atoms with van der Waals surface area (Å²) < 4.78 is 13.7. The van der Waals surface area contributed by atoms with E-state index in [1.165, 1.54) is 0 Å². The van der Waals surface area contributed by atoms with Gasteiger partial charge in [0.1, 0.15) is 12.7 Å². The van der Waals surface area contributed by atoms with Crippen LogP contribution < -0.4 is 17.2 Å². The summed E-state index contributed by atoms with van der Waals surface area (Å²) in [6.45, 7) is -0.00967. The summed E-state index contributed by atoms with van der Waals surface area (Å²) in [5, 5.41) is 0. The monoisotopic (exact) mass is 263 g/mol. The molecule has 9 nitrogen and oxygen atoms in total. The van der Waals surface area contributed by atoms with Crippen molar-refractivity contribution in [3.63, 3.8) is 0 Å². The topological polar surface area (TPSA) is 157 Å². The molecular formula is C9H17N3O6. The lowest BCUT2D eigenvalue weighted by Crippen LogP contribution is -2.29. The van der Waals surface area contributed by atoms with E-state index in [-0.39, 0.29) is 13.2 Å². The minimum absolute atomic E-state index is 0.162. The zero-order valence-electron chi connectivity index (χ0n) is 9.79. The number of rotatable bonds is 8. The quantitative estimate of drug-likeness (QED) is 0.406. The first-order chi connectivity index (χ1) is 8.41. The minimum atomic E-state index is -0.971. The highest BCUT2D eigenvalue weighted by atomic mass is 16.6. The molecule has 3 amide bonds. The Kier molecular flexibility index (Phi) is 7.82. The predicted molar refractivity (Wildman–Crippen MR) is 59.4 cm³/mol. The third kappa shape index (κ3) is 10.3. The molecule has 0 aromatic rings. The maximum absolute atomic E-state index is 10.6. The molecule has 0 aliphatic rings. The number of amides is 3. The summed E-state index contributed by atoms with van der Waals surface area (Å²) in [7, 11) is 0. The number of hydrogen-bond acceptors (Lipinski definition) is 6. The van der Waals surface area contributed by atoms with Gasteiger partial charge in [-0.3, -0.25) is 0 Å². The smallest absolute Gasteiger partial charge is 0.404 e. The Hall–Kier alpha value is -2.19. The molecule has 0 saturated carbocycles. The molecule has 0 heterocycles. The van der Waals surface area contributed by atoms with Crippen molar-refractivity contribution in [2.75, 3.05) is 13.2 Å². The van der Waals surface area contributed by atoms with Crippen molar-refractivity contribution in [2.45, 2.75) is 25.4 Å². The van der Waals surface area contributed by atoms with Crippen LogP contribution in [0.4, 0.5) is 14.4 Å². The van der Waals surface area contributed by atoms with Crippen molar-refractivity contribution >= 4 is 18.3 Å². The van der Waals surface area contributed by atoms with Gasteiger partial charge in [-0.25, -0.2) is 14.4 Å². The van der Waals surface area contributed by atoms with Gasteiger partial charge in [0.2, 0.25) is 0 Å². The van der Waals surface area contributed by atoms with E-state index >= 15 is 0 Å². The summed E-state index contributed by atoms with van der Waals surface area (Å²) in [5.41, 5.74) is 14.4. The fourth-order valence-electron chi connectivity index (χ4n) is 1.16. The highest BCUT2D eigenvalue weighted by Gasteiger charge is 2.14. The molecule has 0 saturated heterocycles. The van der Waals surface area contributed by atoms with E-state index in [0.717, 1.165) is 0 Å². The van der Waals surface area contributed by atoms with E-state index in [4.69, 9.17) is 21.9 Å². The normalized spacial score (nSPS) is 11.3. The Morgan fingerprint density at radius 3 is 2.00 bits per heavy atom. The van der Waals surface area contributed by atoms with Crippen molar-refractivity contribution < 1.29 is 28.6 Å². The van der Waals surface area contributed by atoms with E-state index in [2.05, 4.69) is 9.47 Å². The Bertz CT molecular complexity index is 296. The van der Waals surface area contributed by atoms with Gasteiger partial charge in [-0.1, -0.05) is 0 Å². The number of hydrogen-bond donors (Lipinski definition) is 3. The van der Waals surface area contributed by atoms with Crippen LogP contribution in [0.2, 0.25) is 0 Å². The van der Waals surface area contributed by atoms with Gasteiger partial charge in [-0.15, -0.1) is 0 Å². The molecule has 0 aromatic carbocycles. The van der Waals surface area contributed by atoms with Gasteiger partial charge < -0.3 is 31.4 Å². The molecular weight excluding hydrogens is 246 g/mol. The van der Waals surface area contributed by atoms with Gasteiger partial charge in [-0.05, 0) is 19.3 Å². The lowest BCUT2D eigenvalue weighted by atomic mass is 10.1. The largest absolute Gasteiger partial charge is 0.450 e. The van der Waals surface area contributed by atoms with Crippen LogP contribution in [-0.2, 0) is 14.2 Å². The molecule has 0 spiro atoms. The van der Waals surface area contributed by atoms with Gasteiger partial charge in [0.05, 0.1) is 6.61 Å². The Balaban J connectivity index is 3.81. The standard InChI is InChI=1S/C9H17N3O6/c10-7(13)16-4-2-1-3-6(18-9(12)15)5-17-8(11)14/h6H,1-5H2,(H2,10,13)(H2,11,14)(H2,12,15). The molecule has 1 unspecified atom stereocenters. The molecule has 0 aliphatic heterocycles. The minimum Gasteiger partial charge on any atom is -0.450 e. The number of carbonyl (C=O) groups is 3. The Morgan fingerprint density at radius 2 is 1.50 bits per heavy atom. The van der Waals surface area contributed by atoms with Gasteiger partial charge in [-0.2, -0.15) is 0 Å². The van der Waals surface area contributed by atoms with E-state index in [0.29, 0.717) is 19.3 Å². The summed E-state index contributed by atoms with van der Waals surface area (Å²) >= 11 is 0. The maximum atomic E-state index is 10.6. The zero-order valence-corrected chi connectivity index (χ0v) is 9.79. The summed E-state index contributed by atoms with van der Waals surface area (Å²) in [6, 6.07) is 0. The Labute approximate surface area is 104 Å². The van der Waals surface area contributed by atoms with E-state index in [1.54, 1.807) is 0 Å². The van der Waals surface area contributed by atoms with E-state index < -0.39 is 24.4 Å². The van der Waals surface area contributed by atoms with Gasteiger partial charge in [0.15, 0.2) is 0 Å². The first kappa shape index (κ1) is 15.8. The predicted octanol–water partition coefficient (Wildman–Crippen LogP) is -0.189. The summed E-state index contributed by atoms with van der Waals surface area (Å²) in [6.07, 6.45) is -1.99. The molecule has 0 aromatic heterocycles. The highest BCUT2D eigenvalue weighted by Crippen LogP contribution is 2.06. The molecule has 104 valence electrons. The van der Waals surface area contributed by atoms with E-state index in [1.807, 2.05) is 0 Å². The Morgan fingerprint density at radius 1 is 0.889 bits per heavy atom. The van der Waals surface area contributed by atoms with Crippen LogP contribution in [0.3, 0.4) is 0 Å². The molecule has 18 heavy (non-hydrogen) atoms. The molecule has 1 atom stereocenters. The molecule has 0 bridgehead atoms. The molecule has 0 aliphatic carbocycles. The van der Waals surface area contributed by atoms with Gasteiger partial charge >= 0.3 is 18.3 Å². The first-order valence-corrected chi connectivity index (χ1v) is 5.22. The number of ether oxygens (including phenoxy) is 3. The first-order valence-electron chi connectivity index (χ1n) is 5.22. The molecule has 0 rings (SSSR count). The SMILES string of the molecule is NC(=O)OCCCCC(COC(N)=O)OC(N)=O. The van der Waals surface area contributed by atoms with Crippen LogP contribution in [0.25, 0.3) is 0 Å². The van der Waals surface area contributed by atoms with Crippen LogP contribution in [-0.4, -0.2) is 37.6 Å². The van der Waals surface area contributed by atoms with Crippen molar-refractivity contribution in [1.82, 2.24) is 0 Å². The van der Waals surface area contributed by atoms with Crippen molar-refractivity contribution in [3.8, 4) is 0 Å². The number of unbranched alkanes of at least 4 members (excludes halogenated alkanes) is 1. The second-order valence-corrected chi connectivity index (χ2v) is 3.35. The van der Waals surface area contributed by atoms with Crippen LogP contribution >= 0.6 is 0 Å².